The topological polar surface area (TPSA) is 50.2 Å². The van der Waals surface area contributed by atoms with E-state index in [0.717, 1.165) is 5.69 Å². The maximum Gasteiger partial charge on any atom is 0.338 e. The van der Waals surface area contributed by atoms with Gasteiger partial charge in [0.25, 0.3) is 0 Å². The van der Waals surface area contributed by atoms with Crippen molar-refractivity contribution in [3.8, 4) is 0 Å². The lowest BCUT2D eigenvalue weighted by molar-refractivity contribution is 0.0695. The zero-order chi connectivity index (χ0) is 10.9. The number of nitrogens with zero attached hydrogens (tertiary/aromatic N) is 1. The third-order valence-corrected chi connectivity index (χ3v) is 2.45. The molecule has 1 rings (SSSR count). The number of hydrogen-bond donors (Lipinski definition) is 1. The average molecular weight is 258 g/mol. The van der Waals surface area contributed by atoms with Gasteiger partial charge in [-0.25, -0.2) is 9.78 Å². The van der Waals surface area contributed by atoms with E-state index in [1.54, 1.807) is 12.1 Å². The summed E-state index contributed by atoms with van der Waals surface area (Å²) < 4.78 is 0.387. The first-order chi connectivity index (χ1) is 6.32. The van der Waals surface area contributed by atoms with Crippen LogP contribution in [-0.4, -0.2) is 16.1 Å². The number of carboxylic acid groups (broad SMARTS) is 1. The molecule has 0 aliphatic carbocycles. The van der Waals surface area contributed by atoms with Crippen LogP contribution in [0.3, 0.4) is 0 Å². The van der Waals surface area contributed by atoms with Gasteiger partial charge in [0, 0.05) is 11.1 Å². The number of halogens is 1. The summed E-state index contributed by atoms with van der Waals surface area (Å²) in [5.41, 5.74) is 0.992. The maximum absolute atomic E-state index is 10.7. The smallest absolute Gasteiger partial charge is 0.338 e. The van der Waals surface area contributed by atoms with E-state index in [9.17, 15) is 4.79 Å². The van der Waals surface area contributed by atoms with Crippen LogP contribution in [0, 0.1) is 0 Å². The van der Waals surface area contributed by atoms with Crippen molar-refractivity contribution in [2.45, 2.75) is 26.2 Å². The lowest BCUT2D eigenvalue weighted by Gasteiger charge is -2.17. The fourth-order valence-corrected chi connectivity index (χ4v) is 1.50. The van der Waals surface area contributed by atoms with Crippen molar-refractivity contribution in [1.82, 2.24) is 4.98 Å². The standard InChI is InChI=1S/C10H12BrNO2/c1-10(2,3)7-5-4-6(9(13)14)8(11)12-7/h4-5H,1-3H3,(H,13,14). The van der Waals surface area contributed by atoms with Gasteiger partial charge in [0.05, 0.1) is 5.56 Å². The minimum atomic E-state index is -0.968. The molecule has 0 aromatic carbocycles. The normalized spacial score (nSPS) is 11.4. The van der Waals surface area contributed by atoms with E-state index in [1.165, 1.54) is 0 Å². The summed E-state index contributed by atoms with van der Waals surface area (Å²) in [4.78, 5) is 14.9. The van der Waals surface area contributed by atoms with Gasteiger partial charge in [-0.3, -0.25) is 0 Å². The number of carboxylic acids is 1. The second-order valence-electron chi connectivity index (χ2n) is 4.09. The quantitative estimate of drug-likeness (QED) is 0.788. The van der Waals surface area contributed by atoms with E-state index >= 15 is 0 Å². The molecule has 76 valence electrons. The summed E-state index contributed by atoms with van der Waals surface area (Å²) in [5, 5.41) is 8.79. The number of aromatic nitrogens is 1. The highest BCUT2D eigenvalue weighted by molar-refractivity contribution is 9.10. The molecule has 1 N–H and O–H groups in total. The van der Waals surface area contributed by atoms with Crippen LogP contribution in [0.1, 0.15) is 36.8 Å². The molecular formula is C10H12BrNO2. The summed E-state index contributed by atoms with van der Waals surface area (Å²) in [6.45, 7) is 6.09. The Kier molecular flexibility index (Phi) is 2.95. The Morgan fingerprint density at radius 3 is 2.36 bits per heavy atom. The van der Waals surface area contributed by atoms with Crippen molar-refractivity contribution in [2.24, 2.45) is 0 Å². The molecule has 0 bridgehead atoms. The molecule has 0 unspecified atom stereocenters. The Hall–Kier alpha value is -0.900. The number of aromatic carboxylic acids is 1. The molecule has 0 fully saturated rings. The molecule has 4 heteroatoms. The van der Waals surface area contributed by atoms with Crippen LogP contribution < -0.4 is 0 Å². The zero-order valence-corrected chi connectivity index (χ0v) is 9.92. The first-order valence-electron chi connectivity index (χ1n) is 4.22. The molecular weight excluding hydrogens is 246 g/mol. The number of hydrogen-bond acceptors (Lipinski definition) is 2. The molecule has 1 heterocycles. The molecule has 1 aromatic heterocycles. The molecule has 1 aromatic rings. The summed E-state index contributed by atoms with van der Waals surface area (Å²) in [5.74, 6) is -0.968. The third kappa shape index (κ3) is 2.32. The van der Waals surface area contributed by atoms with E-state index in [2.05, 4.69) is 20.9 Å². The van der Waals surface area contributed by atoms with Gasteiger partial charge in [0.1, 0.15) is 4.60 Å². The fraction of sp³-hybridized carbons (Fsp3) is 0.400. The summed E-state index contributed by atoms with van der Waals surface area (Å²) in [6.07, 6.45) is 0. The van der Waals surface area contributed by atoms with Crippen LogP contribution >= 0.6 is 15.9 Å². The molecule has 0 saturated carbocycles. The van der Waals surface area contributed by atoms with E-state index in [1.807, 2.05) is 20.8 Å². The third-order valence-electron chi connectivity index (χ3n) is 1.85. The molecule has 0 radical (unpaired) electrons. The van der Waals surface area contributed by atoms with E-state index in [-0.39, 0.29) is 11.0 Å². The van der Waals surface area contributed by atoms with Gasteiger partial charge in [-0.1, -0.05) is 20.8 Å². The highest BCUT2D eigenvalue weighted by Crippen LogP contribution is 2.23. The lowest BCUT2D eigenvalue weighted by Crippen LogP contribution is -2.14. The second-order valence-corrected chi connectivity index (χ2v) is 4.84. The van der Waals surface area contributed by atoms with Crippen LogP contribution in [-0.2, 0) is 5.41 Å². The van der Waals surface area contributed by atoms with Crippen molar-refractivity contribution < 1.29 is 9.90 Å². The Balaban J connectivity index is 3.20. The van der Waals surface area contributed by atoms with Gasteiger partial charge >= 0.3 is 5.97 Å². The van der Waals surface area contributed by atoms with Gasteiger partial charge < -0.3 is 5.11 Å². The van der Waals surface area contributed by atoms with Crippen LogP contribution in [0.2, 0.25) is 0 Å². The number of pyridine rings is 1. The van der Waals surface area contributed by atoms with Crippen molar-refractivity contribution >= 4 is 21.9 Å². The van der Waals surface area contributed by atoms with Crippen LogP contribution in [0.4, 0.5) is 0 Å². The largest absolute Gasteiger partial charge is 0.478 e. The zero-order valence-electron chi connectivity index (χ0n) is 8.34. The van der Waals surface area contributed by atoms with Crippen LogP contribution in [0.5, 0.6) is 0 Å². The number of rotatable bonds is 1. The maximum atomic E-state index is 10.7. The highest BCUT2D eigenvalue weighted by Gasteiger charge is 2.18. The van der Waals surface area contributed by atoms with Gasteiger partial charge in [-0.15, -0.1) is 0 Å². The Morgan fingerprint density at radius 1 is 1.43 bits per heavy atom. The predicted octanol–water partition coefficient (Wildman–Crippen LogP) is 2.84. The van der Waals surface area contributed by atoms with Gasteiger partial charge in [-0.05, 0) is 28.1 Å². The van der Waals surface area contributed by atoms with Gasteiger partial charge in [-0.2, -0.15) is 0 Å². The van der Waals surface area contributed by atoms with Crippen LogP contribution in [0.25, 0.3) is 0 Å². The molecule has 0 aliphatic rings. The summed E-state index contributed by atoms with van der Waals surface area (Å²) in [6, 6.07) is 3.31. The predicted molar refractivity (Wildman–Crippen MR) is 57.6 cm³/mol. The van der Waals surface area contributed by atoms with Crippen molar-refractivity contribution in [3.63, 3.8) is 0 Å². The van der Waals surface area contributed by atoms with E-state index in [4.69, 9.17) is 5.11 Å². The molecule has 0 aliphatic heterocycles. The minimum absolute atomic E-state index is 0.0699. The summed E-state index contributed by atoms with van der Waals surface area (Å²) in [7, 11) is 0. The molecule has 3 nitrogen and oxygen atoms in total. The highest BCUT2D eigenvalue weighted by atomic mass is 79.9. The average Bonchev–Trinajstić information content (AvgIpc) is 2.01. The first-order valence-corrected chi connectivity index (χ1v) is 5.02. The fourth-order valence-electron chi connectivity index (χ4n) is 1.01. The molecule has 0 spiro atoms. The van der Waals surface area contributed by atoms with Gasteiger partial charge in [0.2, 0.25) is 0 Å². The van der Waals surface area contributed by atoms with Crippen molar-refractivity contribution in [2.75, 3.05) is 0 Å². The van der Waals surface area contributed by atoms with Crippen molar-refractivity contribution in [1.29, 1.82) is 0 Å². The monoisotopic (exact) mass is 257 g/mol. The Bertz CT molecular complexity index is 369. The van der Waals surface area contributed by atoms with E-state index < -0.39 is 5.97 Å². The molecule has 14 heavy (non-hydrogen) atoms. The number of carbonyl (C=O) groups is 1. The van der Waals surface area contributed by atoms with Gasteiger partial charge in [0.15, 0.2) is 0 Å². The SMILES string of the molecule is CC(C)(C)c1ccc(C(=O)O)c(Br)n1. The van der Waals surface area contributed by atoms with Crippen molar-refractivity contribution in [3.05, 3.63) is 28.0 Å². The Morgan fingerprint density at radius 2 is 2.00 bits per heavy atom. The van der Waals surface area contributed by atoms with Crippen LogP contribution in [0.15, 0.2) is 16.7 Å². The Labute approximate surface area is 91.3 Å². The minimum Gasteiger partial charge on any atom is -0.478 e. The molecule has 0 saturated heterocycles. The second kappa shape index (κ2) is 3.69. The lowest BCUT2D eigenvalue weighted by atomic mass is 9.91. The van der Waals surface area contributed by atoms with E-state index in [0.29, 0.717) is 4.60 Å². The molecule has 0 atom stereocenters. The first kappa shape index (κ1) is 11.2. The molecule has 0 amide bonds. The summed E-state index contributed by atoms with van der Waals surface area (Å²) >= 11 is 3.15.